The summed E-state index contributed by atoms with van der Waals surface area (Å²) in [6, 6.07) is 16.0. The molecule has 0 saturated carbocycles. The van der Waals surface area contributed by atoms with Gasteiger partial charge in [0.2, 0.25) is 11.8 Å². The van der Waals surface area contributed by atoms with Gasteiger partial charge in [-0.05, 0) is 41.6 Å². The van der Waals surface area contributed by atoms with Crippen molar-refractivity contribution in [2.75, 3.05) is 5.32 Å². The number of carbonyl (C=O) groups excluding carboxylic acids is 1. The van der Waals surface area contributed by atoms with Crippen LogP contribution in [-0.2, 0) is 21.9 Å². The summed E-state index contributed by atoms with van der Waals surface area (Å²) in [6.07, 6.45) is 3.59. The number of para-hydroxylation sites is 1. The van der Waals surface area contributed by atoms with Gasteiger partial charge in [-0.25, -0.2) is 0 Å². The number of hydrogen-bond acceptors (Lipinski definition) is 5. The summed E-state index contributed by atoms with van der Waals surface area (Å²) in [6.45, 7) is 0. The number of aryl methyl sites for hydroxylation is 2. The van der Waals surface area contributed by atoms with E-state index in [2.05, 4.69) is 39.8 Å². The van der Waals surface area contributed by atoms with Crippen molar-refractivity contribution >= 4 is 30.4 Å². The first-order valence-electron chi connectivity index (χ1n) is 8.27. The largest absolute Gasteiger partial charge is 0.438 e. The van der Waals surface area contributed by atoms with Crippen LogP contribution in [0.3, 0.4) is 0 Å². The van der Waals surface area contributed by atoms with Gasteiger partial charge in [-0.1, -0.05) is 42.5 Å². The molecule has 1 aliphatic rings. The highest BCUT2D eigenvalue weighted by atomic mass is 32.1. The number of nitrogens with one attached hydrogen (secondary N) is 1. The number of hydrogen-bond donors (Lipinski definition) is 2. The zero-order valence-electron chi connectivity index (χ0n) is 13.8. The first-order valence-corrected chi connectivity index (χ1v) is 8.64. The third-order valence-electron chi connectivity index (χ3n) is 4.07. The van der Waals surface area contributed by atoms with Crippen LogP contribution in [0.4, 0.5) is 5.69 Å². The van der Waals surface area contributed by atoms with E-state index in [9.17, 15) is 4.79 Å². The molecule has 2 aromatic carbocycles. The number of ether oxygens (including phenoxy) is 1. The van der Waals surface area contributed by atoms with Crippen molar-refractivity contribution in [2.24, 2.45) is 5.16 Å². The van der Waals surface area contributed by atoms with Crippen molar-refractivity contribution in [3.63, 3.8) is 0 Å². The summed E-state index contributed by atoms with van der Waals surface area (Å²) >= 11 is 3.69. The Morgan fingerprint density at radius 3 is 2.76 bits per heavy atom. The molecule has 1 N–H and O–H groups in total. The molecule has 0 atom stereocenters. The van der Waals surface area contributed by atoms with E-state index in [4.69, 9.17) is 4.74 Å². The first-order chi connectivity index (χ1) is 12.3. The maximum atomic E-state index is 11.7. The summed E-state index contributed by atoms with van der Waals surface area (Å²) in [5.74, 6) is 1.00. The van der Waals surface area contributed by atoms with Gasteiger partial charge in [0.1, 0.15) is 0 Å². The number of anilines is 1. The molecule has 0 saturated heterocycles. The Kier molecular flexibility index (Phi) is 5.95. The molecule has 1 aliphatic heterocycles. The van der Waals surface area contributed by atoms with Crippen LogP contribution in [0.15, 0.2) is 53.7 Å². The van der Waals surface area contributed by atoms with Crippen LogP contribution in [-0.4, -0.2) is 11.8 Å². The molecule has 2 aromatic rings. The quantitative estimate of drug-likeness (QED) is 0.269. The smallest absolute Gasteiger partial charge is 0.232 e. The molecular weight excluding hydrogens is 336 g/mol. The van der Waals surface area contributed by atoms with E-state index in [-0.39, 0.29) is 5.91 Å². The Morgan fingerprint density at radius 1 is 1.12 bits per heavy atom. The van der Waals surface area contributed by atoms with E-state index in [0.717, 1.165) is 18.4 Å². The molecule has 0 spiro atoms. The second-order valence-electron chi connectivity index (χ2n) is 5.85. The second-order valence-corrected chi connectivity index (χ2v) is 6.01. The maximum absolute atomic E-state index is 11.7. The minimum absolute atomic E-state index is 0.00318. The number of thiol groups is 1. The number of rotatable bonds is 6. The predicted molar refractivity (Wildman–Crippen MR) is 101 cm³/mol. The SMILES string of the molecule is O=C1CCc2cccc(OC(CCCc3ccccc3)=NOS)c2N1. The molecular formula is C19H20N2O3S. The fourth-order valence-corrected chi connectivity index (χ4v) is 2.93. The van der Waals surface area contributed by atoms with Crippen molar-refractivity contribution in [3.05, 3.63) is 59.7 Å². The van der Waals surface area contributed by atoms with Crippen LogP contribution >= 0.6 is 12.9 Å². The van der Waals surface area contributed by atoms with Crippen LogP contribution in [0.2, 0.25) is 0 Å². The minimum atomic E-state index is -0.00318. The lowest BCUT2D eigenvalue weighted by Crippen LogP contribution is -2.20. The van der Waals surface area contributed by atoms with E-state index in [1.165, 1.54) is 5.56 Å². The Labute approximate surface area is 152 Å². The highest BCUT2D eigenvalue weighted by Crippen LogP contribution is 2.32. The normalized spacial score (nSPS) is 13.8. The van der Waals surface area contributed by atoms with Crippen LogP contribution in [0.5, 0.6) is 5.75 Å². The lowest BCUT2D eigenvalue weighted by atomic mass is 10.0. The third kappa shape index (κ3) is 4.76. The molecule has 3 rings (SSSR count). The Balaban J connectivity index is 1.66. The van der Waals surface area contributed by atoms with Crippen molar-refractivity contribution < 1.29 is 13.8 Å². The number of carbonyl (C=O) groups is 1. The number of oxime groups is 1. The molecule has 1 amide bonds. The van der Waals surface area contributed by atoms with Crippen LogP contribution < -0.4 is 10.1 Å². The molecule has 0 bridgehead atoms. The summed E-state index contributed by atoms with van der Waals surface area (Å²) in [5, 5.41) is 6.74. The number of benzene rings is 2. The van der Waals surface area contributed by atoms with Gasteiger partial charge >= 0.3 is 0 Å². The van der Waals surface area contributed by atoms with E-state index >= 15 is 0 Å². The molecule has 0 aromatic heterocycles. The van der Waals surface area contributed by atoms with Crippen LogP contribution in [0.25, 0.3) is 0 Å². The maximum Gasteiger partial charge on any atom is 0.232 e. The zero-order chi connectivity index (χ0) is 17.5. The van der Waals surface area contributed by atoms with Crippen molar-refractivity contribution in [1.29, 1.82) is 0 Å². The van der Waals surface area contributed by atoms with Gasteiger partial charge in [-0.2, -0.15) is 0 Å². The molecule has 0 fully saturated rings. The molecule has 5 nitrogen and oxygen atoms in total. The average molecular weight is 356 g/mol. The van der Waals surface area contributed by atoms with Gasteiger partial charge in [0.05, 0.1) is 18.6 Å². The molecule has 0 unspecified atom stereocenters. The first kappa shape index (κ1) is 17.4. The molecule has 130 valence electrons. The van der Waals surface area contributed by atoms with Gasteiger partial charge in [-0.3, -0.25) is 4.79 Å². The second kappa shape index (κ2) is 8.58. The molecule has 25 heavy (non-hydrogen) atoms. The Morgan fingerprint density at radius 2 is 1.96 bits per heavy atom. The zero-order valence-corrected chi connectivity index (χ0v) is 14.7. The van der Waals surface area contributed by atoms with Crippen molar-refractivity contribution in [3.8, 4) is 5.75 Å². The molecule has 1 heterocycles. The van der Waals surface area contributed by atoms with Crippen LogP contribution in [0.1, 0.15) is 30.4 Å². The standard InChI is InChI=1S/C19H20N2O3S/c22-17-13-12-15-9-5-10-16(19(15)20-17)23-18(21-24-25)11-4-8-14-6-2-1-3-7-14/h1-3,5-7,9-10,25H,4,8,11-13H2,(H,20,22). The molecule has 6 heteroatoms. The van der Waals surface area contributed by atoms with Gasteiger partial charge in [0.25, 0.3) is 0 Å². The number of amides is 1. The van der Waals surface area contributed by atoms with Gasteiger partial charge in [0.15, 0.2) is 5.75 Å². The lowest BCUT2D eigenvalue weighted by Gasteiger charge is -2.20. The number of fused-ring (bicyclic) bond motifs is 1. The average Bonchev–Trinajstić information content (AvgIpc) is 2.63. The van der Waals surface area contributed by atoms with E-state index in [1.54, 1.807) is 0 Å². The van der Waals surface area contributed by atoms with E-state index < -0.39 is 0 Å². The van der Waals surface area contributed by atoms with Gasteiger partial charge in [0, 0.05) is 12.8 Å². The summed E-state index contributed by atoms with van der Waals surface area (Å²) in [5.41, 5.74) is 3.04. The van der Waals surface area contributed by atoms with Gasteiger partial charge in [-0.15, -0.1) is 0 Å². The van der Waals surface area contributed by atoms with Crippen LogP contribution in [0, 0.1) is 0 Å². The highest BCUT2D eigenvalue weighted by Gasteiger charge is 2.19. The summed E-state index contributed by atoms with van der Waals surface area (Å²) in [4.78, 5) is 11.7. The molecule has 0 radical (unpaired) electrons. The molecule has 0 aliphatic carbocycles. The van der Waals surface area contributed by atoms with E-state index in [0.29, 0.717) is 36.6 Å². The van der Waals surface area contributed by atoms with Crippen molar-refractivity contribution in [1.82, 2.24) is 0 Å². The van der Waals surface area contributed by atoms with Gasteiger partial charge < -0.3 is 14.3 Å². The fourth-order valence-electron chi connectivity index (χ4n) is 2.84. The van der Waals surface area contributed by atoms with E-state index in [1.807, 2.05) is 36.4 Å². The summed E-state index contributed by atoms with van der Waals surface area (Å²) < 4.78 is 10.5. The minimum Gasteiger partial charge on any atom is -0.438 e. The lowest BCUT2D eigenvalue weighted by molar-refractivity contribution is -0.116. The third-order valence-corrected chi connectivity index (χ3v) is 4.15. The number of nitrogens with zero attached hydrogens (tertiary/aromatic N) is 1. The highest BCUT2D eigenvalue weighted by molar-refractivity contribution is 7.75. The van der Waals surface area contributed by atoms with Crippen molar-refractivity contribution in [2.45, 2.75) is 32.1 Å². The Hall–Kier alpha value is -2.47. The monoisotopic (exact) mass is 356 g/mol. The topological polar surface area (TPSA) is 59.9 Å². The fraction of sp³-hybridized carbons (Fsp3) is 0.263. The Bertz CT molecular complexity index is 763. The predicted octanol–water partition coefficient (Wildman–Crippen LogP) is 4.15. The summed E-state index contributed by atoms with van der Waals surface area (Å²) in [7, 11) is 0.